The van der Waals surface area contributed by atoms with E-state index in [4.69, 9.17) is 10.5 Å². The topological polar surface area (TPSA) is 121 Å². The third-order valence-corrected chi connectivity index (χ3v) is 9.27. The van der Waals surface area contributed by atoms with Crippen LogP contribution in [0.5, 0.6) is 11.8 Å². The molecule has 0 spiro atoms. The van der Waals surface area contributed by atoms with E-state index in [1.54, 1.807) is 40.7 Å². The Hall–Kier alpha value is -5.42. The predicted octanol–water partition coefficient (Wildman–Crippen LogP) is 7.32. The Morgan fingerprint density at radius 3 is 2.72 bits per heavy atom. The number of nitrogens with two attached hydrogens (primary N) is 1. The van der Waals surface area contributed by atoms with Gasteiger partial charge in [0.1, 0.15) is 5.82 Å². The highest BCUT2D eigenvalue weighted by Crippen LogP contribution is 2.50. The molecule has 1 aliphatic rings. The highest BCUT2D eigenvalue weighted by Gasteiger charge is 2.26. The van der Waals surface area contributed by atoms with Gasteiger partial charge in [0.25, 0.3) is 0 Å². The van der Waals surface area contributed by atoms with E-state index in [0.717, 1.165) is 66.9 Å². The smallest absolute Gasteiger partial charge is 0.322 e. The van der Waals surface area contributed by atoms with Gasteiger partial charge in [-0.25, -0.2) is 14.4 Å². The molecular formula is C35H30FN7O2S. The summed E-state index contributed by atoms with van der Waals surface area (Å²) in [6.45, 7) is 5.89. The number of nitrogen functional groups attached to an aromatic ring is 1. The number of thiophene rings is 1. The quantitative estimate of drug-likeness (QED) is 0.160. The molecular weight excluding hydrogens is 601 g/mol. The molecule has 9 nitrogen and oxygen atoms in total. The van der Waals surface area contributed by atoms with Crippen LogP contribution in [0, 0.1) is 12.7 Å². The number of halogens is 1. The monoisotopic (exact) mass is 631 g/mol. The summed E-state index contributed by atoms with van der Waals surface area (Å²) < 4.78 is 24.3. The molecule has 0 bridgehead atoms. The van der Waals surface area contributed by atoms with Crippen LogP contribution in [0.25, 0.3) is 42.8 Å². The first-order chi connectivity index (χ1) is 22.3. The van der Waals surface area contributed by atoms with E-state index in [1.807, 2.05) is 50.5 Å². The first-order valence-corrected chi connectivity index (χ1v) is 15.6. The number of hydrogen-bond acceptors (Lipinski definition) is 8. The van der Waals surface area contributed by atoms with Crippen molar-refractivity contribution in [2.45, 2.75) is 32.2 Å². The van der Waals surface area contributed by atoms with Gasteiger partial charge in [0.05, 0.1) is 11.9 Å². The lowest BCUT2D eigenvalue weighted by atomic mass is 9.95. The maximum atomic E-state index is 15.8. The van der Waals surface area contributed by atoms with E-state index in [0.29, 0.717) is 23.8 Å². The first-order valence-electron chi connectivity index (χ1n) is 14.8. The molecule has 1 saturated carbocycles. The Kier molecular flexibility index (Phi) is 7.53. The summed E-state index contributed by atoms with van der Waals surface area (Å²) in [4.78, 5) is 25.9. The van der Waals surface area contributed by atoms with Gasteiger partial charge in [-0.05, 0) is 66.3 Å². The molecule has 4 aromatic heterocycles. The fourth-order valence-electron chi connectivity index (χ4n) is 5.55. The average molecular weight is 632 g/mol. The number of aromatic nitrogens is 5. The number of anilines is 1. The number of ether oxygens (including phenoxy) is 1. The van der Waals surface area contributed by atoms with Crippen molar-refractivity contribution < 1.29 is 13.9 Å². The van der Waals surface area contributed by atoms with Gasteiger partial charge >= 0.3 is 6.01 Å². The van der Waals surface area contributed by atoms with Crippen LogP contribution >= 0.6 is 11.3 Å². The van der Waals surface area contributed by atoms with Crippen LogP contribution in [0.3, 0.4) is 0 Å². The second-order valence-electron chi connectivity index (χ2n) is 11.3. The number of pyridine rings is 1. The second kappa shape index (κ2) is 11.8. The molecule has 0 unspecified atom stereocenters. The maximum absolute atomic E-state index is 15.8. The van der Waals surface area contributed by atoms with Crippen molar-refractivity contribution in [1.29, 1.82) is 0 Å². The molecule has 6 aromatic rings. The largest absolute Gasteiger partial charge is 0.421 e. The predicted molar refractivity (Wildman–Crippen MR) is 178 cm³/mol. The number of rotatable bonds is 9. The van der Waals surface area contributed by atoms with E-state index in [1.165, 1.54) is 12.1 Å². The number of fused-ring (bicyclic) bond motifs is 1. The lowest BCUT2D eigenvalue weighted by Gasteiger charge is -2.12. The van der Waals surface area contributed by atoms with E-state index < -0.39 is 5.82 Å². The molecule has 1 aliphatic carbocycles. The van der Waals surface area contributed by atoms with Gasteiger partial charge < -0.3 is 15.8 Å². The van der Waals surface area contributed by atoms with Crippen LogP contribution in [-0.2, 0) is 18.4 Å². The molecule has 230 valence electrons. The standard InChI is InChI=1S/C35H30FN7O2S/c1-4-29(44)39-15-20-5-9-24(19(2)13-20)32-30(31-33(46-32)25(17-40-34(31)37)23-16-41-43(3)18-23)22-8-10-28(26(36)14-22)45-35-38-12-11-27(42-35)21-6-7-21/h4-5,8-14,16-18,21H,1,6-7,15H2,2-3H3,(H2,37,40)(H,39,44). The van der Waals surface area contributed by atoms with Crippen LogP contribution < -0.4 is 15.8 Å². The van der Waals surface area contributed by atoms with Gasteiger partial charge in [-0.2, -0.15) is 10.1 Å². The second-order valence-corrected chi connectivity index (χ2v) is 12.3. The first kappa shape index (κ1) is 29.3. The van der Waals surface area contributed by atoms with Gasteiger partial charge in [-0.15, -0.1) is 11.3 Å². The maximum Gasteiger partial charge on any atom is 0.322 e. The van der Waals surface area contributed by atoms with Crippen LogP contribution in [0.4, 0.5) is 10.2 Å². The van der Waals surface area contributed by atoms with Crippen molar-refractivity contribution in [2.24, 2.45) is 7.05 Å². The molecule has 11 heteroatoms. The van der Waals surface area contributed by atoms with Crippen LogP contribution in [0.15, 0.2) is 79.9 Å². The molecule has 1 amide bonds. The Balaban J connectivity index is 1.35. The third kappa shape index (κ3) is 5.61. The fraction of sp³-hybridized carbons (Fsp3) is 0.171. The molecule has 0 aliphatic heterocycles. The Morgan fingerprint density at radius 1 is 1.15 bits per heavy atom. The molecule has 0 radical (unpaired) electrons. The molecule has 3 N–H and O–H groups in total. The molecule has 7 rings (SSSR count). The van der Waals surface area contributed by atoms with E-state index in [-0.39, 0.29) is 17.7 Å². The van der Waals surface area contributed by atoms with Crippen LogP contribution in [0.1, 0.15) is 35.6 Å². The van der Waals surface area contributed by atoms with Crippen molar-refractivity contribution in [2.75, 3.05) is 5.73 Å². The van der Waals surface area contributed by atoms with Crippen LogP contribution in [-0.4, -0.2) is 30.6 Å². The summed E-state index contributed by atoms with van der Waals surface area (Å²) >= 11 is 1.57. The summed E-state index contributed by atoms with van der Waals surface area (Å²) in [5.41, 5.74) is 13.5. The minimum Gasteiger partial charge on any atom is -0.421 e. The fourth-order valence-corrected chi connectivity index (χ4v) is 7.01. The Bertz CT molecular complexity index is 2150. The van der Waals surface area contributed by atoms with Crippen LogP contribution in [0.2, 0.25) is 0 Å². The molecule has 4 heterocycles. The molecule has 2 aromatic carbocycles. The van der Waals surface area contributed by atoms with Gasteiger partial charge in [0.15, 0.2) is 11.6 Å². The minimum absolute atomic E-state index is 0.0297. The number of nitrogens with zero attached hydrogens (tertiary/aromatic N) is 5. The molecule has 0 saturated heterocycles. The molecule has 1 fully saturated rings. The summed E-state index contributed by atoms with van der Waals surface area (Å²) in [5.74, 6) is -0.00390. The van der Waals surface area contributed by atoms with Gasteiger partial charge in [-0.1, -0.05) is 30.8 Å². The summed E-state index contributed by atoms with van der Waals surface area (Å²) in [6, 6.07) is 12.9. The Labute approximate surface area is 268 Å². The number of nitrogens with one attached hydrogen (secondary N) is 1. The number of benzene rings is 2. The van der Waals surface area contributed by atoms with E-state index in [9.17, 15) is 4.79 Å². The Morgan fingerprint density at radius 2 is 2.00 bits per heavy atom. The lowest BCUT2D eigenvalue weighted by molar-refractivity contribution is -0.116. The number of carbonyl (C=O) groups excluding carboxylic acids is 1. The zero-order valence-electron chi connectivity index (χ0n) is 25.3. The number of carbonyl (C=O) groups is 1. The number of amides is 1. The highest BCUT2D eigenvalue weighted by atomic mass is 32.1. The van der Waals surface area contributed by atoms with Crippen molar-refractivity contribution in [3.05, 3.63) is 103 Å². The van der Waals surface area contributed by atoms with Crippen molar-refractivity contribution >= 4 is 33.1 Å². The van der Waals surface area contributed by atoms with E-state index >= 15 is 4.39 Å². The third-order valence-electron chi connectivity index (χ3n) is 8.02. The van der Waals surface area contributed by atoms with Gasteiger partial charge in [-0.3, -0.25) is 9.48 Å². The SMILES string of the molecule is C=CC(=O)NCc1ccc(-c2sc3c(-c4cnn(C)c4)cnc(N)c3c2-c2ccc(Oc3nccc(C4CC4)n3)c(F)c2)c(C)c1. The average Bonchev–Trinajstić information content (AvgIpc) is 3.70. The van der Waals surface area contributed by atoms with E-state index in [2.05, 4.69) is 31.9 Å². The zero-order chi connectivity index (χ0) is 31.9. The van der Waals surface area contributed by atoms with Gasteiger partial charge in [0, 0.05) is 69.8 Å². The number of hydrogen-bond donors (Lipinski definition) is 2. The summed E-state index contributed by atoms with van der Waals surface area (Å²) in [5, 5.41) is 7.91. The zero-order valence-corrected chi connectivity index (χ0v) is 26.1. The summed E-state index contributed by atoms with van der Waals surface area (Å²) in [6.07, 6.45) is 10.5. The van der Waals surface area contributed by atoms with Crippen molar-refractivity contribution in [3.63, 3.8) is 0 Å². The summed E-state index contributed by atoms with van der Waals surface area (Å²) in [7, 11) is 1.86. The lowest BCUT2D eigenvalue weighted by Crippen LogP contribution is -2.19. The molecule has 0 atom stereocenters. The highest BCUT2D eigenvalue weighted by molar-refractivity contribution is 7.23. The van der Waals surface area contributed by atoms with Gasteiger partial charge in [0.2, 0.25) is 5.91 Å². The normalized spacial score (nSPS) is 12.8. The minimum atomic E-state index is -0.553. The molecule has 46 heavy (non-hydrogen) atoms. The van der Waals surface area contributed by atoms with Crippen molar-refractivity contribution in [3.8, 4) is 44.5 Å². The number of aryl methyl sites for hydroxylation is 2. The van der Waals surface area contributed by atoms with Crippen molar-refractivity contribution in [1.82, 2.24) is 30.0 Å².